The number of hydrogen-bond donors (Lipinski definition) is 0. The van der Waals surface area contributed by atoms with Crippen LogP contribution in [0.15, 0.2) is 4.52 Å². The van der Waals surface area contributed by atoms with Gasteiger partial charge in [0, 0.05) is 30.8 Å². The average molecular weight is 330 g/mol. The van der Waals surface area contributed by atoms with Crippen LogP contribution in [0.2, 0.25) is 0 Å². The van der Waals surface area contributed by atoms with Gasteiger partial charge in [-0.3, -0.25) is 9.48 Å². The summed E-state index contributed by atoms with van der Waals surface area (Å²) in [4.78, 5) is 15.2. The van der Waals surface area contributed by atoms with E-state index in [0.29, 0.717) is 17.0 Å². The number of rotatable bonds is 3. The Hall–Kier alpha value is -2.11. The van der Waals surface area contributed by atoms with Crippen molar-refractivity contribution in [3.63, 3.8) is 0 Å². The Morgan fingerprint density at radius 3 is 2.54 bits per heavy atom. The van der Waals surface area contributed by atoms with Crippen molar-refractivity contribution in [1.82, 2.24) is 19.8 Å². The van der Waals surface area contributed by atoms with E-state index in [1.54, 1.807) is 0 Å². The Labute approximate surface area is 142 Å². The summed E-state index contributed by atoms with van der Waals surface area (Å²) < 4.78 is 7.31. The smallest absolute Gasteiger partial charge is 0.259 e. The number of likely N-dealkylation sites (tertiary alicyclic amines) is 1. The number of aryl methyl sites for hydroxylation is 3. The first kappa shape index (κ1) is 16.7. The van der Waals surface area contributed by atoms with E-state index in [1.165, 1.54) is 5.56 Å². The average Bonchev–Trinajstić information content (AvgIpc) is 3.18. The number of amides is 1. The molecule has 1 aliphatic heterocycles. The molecule has 6 nitrogen and oxygen atoms in total. The van der Waals surface area contributed by atoms with Crippen molar-refractivity contribution in [3.05, 3.63) is 34.0 Å². The summed E-state index contributed by atoms with van der Waals surface area (Å²) in [6.45, 7) is 10.7. The second kappa shape index (κ2) is 6.07. The van der Waals surface area contributed by atoms with Gasteiger partial charge in [0.2, 0.25) is 0 Å². The fourth-order valence-corrected chi connectivity index (χ4v) is 3.77. The van der Waals surface area contributed by atoms with E-state index < -0.39 is 0 Å². The summed E-state index contributed by atoms with van der Waals surface area (Å²) in [7, 11) is 1.95. The van der Waals surface area contributed by atoms with Gasteiger partial charge in [-0.05, 0) is 33.6 Å². The monoisotopic (exact) mass is 330 g/mol. The molecule has 1 fully saturated rings. The van der Waals surface area contributed by atoms with Gasteiger partial charge in [0.25, 0.3) is 5.91 Å². The standard InChI is InChI=1S/C18H26N4O2/c1-10(2)17-16(12(4)20-24-17)18(23)22-9-7-8-14(22)15-11(3)19-21(6)13(15)5/h10,14H,7-9H2,1-6H3. The second-order valence-corrected chi connectivity index (χ2v) is 7.03. The van der Waals surface area contributed by atoms with Crippen LogP contribution in [0.25, 0.3) is 0 Å². The van der Waals surface area contributed by atoms with Gasteiger partial charge in [-0.2, -0.15) is 5.10 Å². The normalized spacial score (nSPS) is 18.0. The third-order valence-electron chi connectivity index (χ3n) is 5.04. The first-order valence-corrected chi connectivity index (χ1v) is 8.60. The molecule has 1 amide bonds. The summed E-state index contributed by atoms with van der Waals surface area (Å²) in [5.74, 6) is 0.846. The quantitative estimate of drug-likeness (QED) is 0.865. The van der Waals surface area contributed by atoms with E-state index in [2.05, 4.69) is 17.2 Å². The van der Waals surface area contributed by atoms with Crippen molar-refractivity contribution in [2.75, 3.05) is 6.54 Å². The molecule has 1 saturated heterocycles. The first-order chi connectivity index (χ1) is 11.3. The van der Waals surface area contributed by atoms with Crippen molar-refractivity contribution < 1.29 is 9.32 Å². The van der Waals surface area contributed by atoms with Crippen LogP contribution in [-0.4, -0.2) is 32.3 Å². The van der Waals surface area contributed by atoms with Crippen LogP contribution >= 0.6 is 0 Å². The molecule has 0 aromatic carbocycles. The molecule has 6 heteroatoms. The molecule has 24 heavy (non-hydrogen) atoms. The number of carbonyl (C=O) groups excluding carboxylic acids is 1. The molecule has 0 bridgehead atoms. The van der Waals surface area contributed by atoms with Crippen molar-refractivity contribution in [2.24, 2.45) is 7.05 Å². The minimum Gasteiger partial charge on any atom is -0.360 e. The third-order valence-corrected chi connectivity index (χ3v) is 5.04. The van der Waals surface area contributed by atoms with Gasteiger partial charge in [-0.15, -0.1) is 0 Å². The highest BCUT2D eigenvalue weighted by Gasteiger charge is 2.36. The van der Waals surface area contributed by atoms with Gasteiger partial charge in [0.15, 0.2) is 5.76 Å². The van der Waals surface area contributed by atoms with E-state index in [-0.39, 0.29) is 17.9 Å². The zero-order valence-electron chi connectivity index (χ0n) is 15.4. The fourth-order valence-electron chi connectivity index (χ4n) is 3.77. The Morgan fingerprint density at radius 1 is 1.25 bits per heavy atom. The molecule has 0 aliphatic carbocycles. The predicted octanol–water partition coefficient (Wildman–Crippen LogP) is 3.43. The molecule has 0 saturated carbocycles. The molecular formula is C18H26N4O2. The number of aromatic nitrogens is 3. The Balaban J connectivity index is 2.00. The summed E-state index contributed by atoms with van der Waals surface area (Å²) in [6, 6.07) is 0.0838. The Kier molecular flexibility index (Phi) is 4.24. The van der Waals surface area contributed by atoms with E-state index in [1.807, 2.05) is 44.3 Å². The molecule has 0 radical (unpaired) electrons. The van der Waals surface area contributed by atoms with Crippen molar-refractivity contribution >= 4 is 5.91 Å². The minimum absolute atomic E-state index is 0.0302. The number of hydrogen-bond acceptors (Lipinski definition) is 4. The van der Waals surface area contributed by atoms with Gasteiger partial charge in [-0.25, -0.2) is 0 Å². The zero-order chi connectivity index (χ0) is 17.6. The van der Waals surface area contributed by atoms with Crippen molar-refractivity contribution in [2.45, 2.75) is 59.4 Å². The highest BCUT2D eigenvalue weighted by molar-refractivity contribution is 5.96. The van der Waals surface area contributed by atoms with Gasteiger partial charge >= 0.3 is 0 Å². The van der Waals surface area contributed by atoms with Crippen LogP contribution in [0.1, 0.15) is 77.4 Å². The van der Waals surface area contributed by atoms with E-state index >= 15 is 0 Å². The Morgan fingerprint density at radius 2 is 1.96 bits per heavy atom. The molecule has 2 aromatic heterocycles. The van der Waals surface area contributed by atoms with Crippen LogP contribution in [0.5, 0.6) is 0 Å². The van der Waals surface area contributed by atoms with E-state index in [4.69, 9.17) is 4.52 Å². The van der Waals surface area contributed by atoms with E-state index in [0.717, 1.165) is 30.8 Å². The third kappa shape index (κ3) is 2.54. The lowest BCUT2D eigenvalue weighted by atomic mass is 10.00. The highest BCUT2D eigenvalue weighted by Crippen LogP contribution is 2.37. The summed E-state index contributed by atoms with van der Waals surface area (Å²) >= 11 is 0. The lowest BCUT2D eigenvalue weighted by molar-refractivity contribution is 0.0731. The molecule has 3 rings (SSSR count). The van der Waals surface area contributed by atoms with Crippen molar-refractivity contribution in [3.8, 4) is 0 Å². The molecule has 3 heterocycles. The van der Waals surface area contributed by atoms with Crippen molar-refractivity contribution in [1.29, 1.82) is 0 Å². The predicted molar refractivity (Wildman–Crippen MR) is 91.0 cm³/mol. The van der Waals surface area contributed by atoms with Gasteiger partial charge in [-0.1, -0.05) is 19.0 Å². The molecule has 130 valence electrons. The number of carbonyl (C=O) groups is 1. The van der Waals surface area contributed by atoms with Gasteiger partial charge in [0.05, 0.1) is 17.4 Å². The van der Waals surface area contributed by atoms with Crippen LogP contribution in [0.4, 0.5) is 0 Å². The molecule has 1 unspecified atom stereocenters. The molecule has 0 N–H and O–H groups in total. The first-order valence-electron chi connectivity index (χ1n) is 8.60. The maximum Gasteiger partial charge on any atom is 0.259 e. The topological polar surface area (TPSA) is 64.2 Å². The molecular weight excluding hydrogens is 304 g/mol. The van der Waals surface area contributed by atoms with Gasteiger partial charge < -0.3 is 9.42 Å². The summed E-state index contributed by atoms with van der Waals surface area (Å²) in [5, 5.41) is 8.55. The van der Waals surface area contributed by atoms with Crippen LogP contribution < -0.4 is 0 Å². The maximum absolute atomic E-state index is 13.3. The number of nitrogens with zero attached hydrogens (tertiary/aromatic N) is 4. The maximum atomic E-state index is 13.3. The molecule has 0 spiro atoms. The van der Waals surface area contributed by atoms with Crippen LogP contribution in [0.3, 0.4) is 0 Å². The van der Waals surface area contributed by atoms with Crippen LogP contribution in [-0.2, 0) is 7.05 Å². The highest BCUT2D eigenvalue weighted by atomic mass is 16.5. The summed E-state index contributed by atoms with van der Waals surface area (Å²) in [5.41, 5.74) is 4.63. The fraction of sp³-hybridized carbons (Fsp3) is 0.611. The SMILES string of the molecule is Cc1noc(C(C)C)c1C(=O)N1CCCC1c1c(C)nn(C)c1C. The van der Waals surface area contributed by atoms with E-state index in [9.17, 15) is 4.79 Å². The zero-order valence-corrected chi connectivity index (χ0v) is 15.4. The summed E-state index contributed by atoms with van der Waals surface area (Å²) in [6.07, 6.45) is 1.98. The largest absolute Gasteiger partial charge is 0.360 e. The lowest BCUT2D eigenvalue weighted by Crippen LogP contribution is -2.32. The van der Waals surface area contributed by atoms with Gasteiger partial charge in [0.1, 0.15) is 5.56 Å². The molecule has 2 aromatic rings. The second-order valence-electron chi connectivity index (χ2n) is 7.03. The minimum atomic E-state index is 0.0302. The Bertz CT molecular complexity index is 772. The lowest BCUT2D eigenvalue weighted by Gasteiger charge is -2.25. The molecule has 1 aliphatic rings. The molecule has 1 atom stereocenters. The van der Waals surface area contributed by atoms with Crippen LogP contribution in [0, 0.1) is 20.8 Å².